The van der Waals surface area contributed by atoms with Crippen molar-refractivity contribution in [2.75, 3.05) is 16.2 Å². The van der Waals surface area contributed by atoms with Gasteiger partial charge in [0.05, 0.1) is 11.9 Å². The van der Waals surface area contributed by atoms with E-state index in [9.17, 15) is 22.0 Å². The van der Waals surface area contributed by atoms with Crippen molar-refractivity contribution in [2.45, 2.75) is 4.90 Å². The molecule has 1 aliphatic rings. The zero-order valence-corrected chi connectivity index (χ0v) is 11.8. The van der Waals surface area contributed by atoms with Gasteiger partial charge in [0.15, 0.2) is 0 Å². The first-order valence-electron chi connectivity index (χ1n) is 6.11. The molecule has 3 rings (SSSR count). The first-order chi connectivity index (χ1) is 10.4. The van der Waals surface area contributed by atoms with Crippen LogP contribution >= 0.6 is 0 Å². The Morgan fingerprint density at radius 2 is 2.00 bits per heavy atom. The fourth-order valence-corrected chi connectivity index (χ4v) is 3.52. The maximum atomic E-state index is 13.8. The average Bonchev–Trinajstić information content (AvgIpc) is 2.47. The summed E-state index contributed by atoms with van der Waals surface area (Å²) >= 11 is 0. The largest absolute Gasteiger partial charge is 0.320 e. The number of anilines is 2. The third-order valence-electron chi connectivity index (χ3n) is 3.08. The smallest absolute Gasteiger partial charge is 0.266 e. The molecule has 0 aliphatic carbocycles. The molecule has 9 heteroatoms. The topological polar surface area (TPSA) is 79.4 Å². The maximum absolute atomic E-state index is 13.8. The van der Waals surface area contributed by atoms with Crippen molar-refractivity contribution < 1.29 is 22.0 Å². The van der Waals surface area contributed by atoms with Crippen LogP contribution < -0.4 is 9.62 Å². The van der Waals surface area contributed by atoms with Crippen LogP contribution in [0.2, 0.25) is 0 Å². The molecule has 1 aromatic heterocycles. The van der Waals surface area contributed by atoms with Gasteiger partial charge in [-0.05, 0) is 18.2 Å². The van der Waals surface area contributed by atoms with Crippen LogP contribution in [-0.2, 0) is 14.8 Å². The standard InChI is InChI=1S/C13H9F2N3O3S/c14-8-4-9(6-16-5-8)22(20,21)18-7-12(19)17-13-10(15)2-1-3-11(13)18/h1-6H,7H2,(H,17,19). The van der Waals surface area contributed by atoms with Crippen molar-refractivity contribution in [3.63, 3.8) is 0 Å². The summed E-state index contributed by atoms with van der Waals surface area (Å²) in [7, 11) is -4.24. The van der Waals surface area contributed by atoms with Crippen LogP contribution in [0.5, 0.6) is 0 Å². The Balaban J connectivity index is 2.17. The third kappa shape index (κ3) is 2.29. The monoisotopic (exact) mass is 325 g/mol. The number of benzene rings is 1. The first kappa shape index (κ1) is 14.4. The normalized spacial score (nSPS) is 14.5. The van der Waals surface area contributed by atoms with E-state index in [1.807, 2.05) is 0 Å². The number of nitrogens with zero attached hydrogens (tertiary/aromatic N) is 2. The third-order valence-corrected chi connectivity index (χ3v) is 4.80. The van der Waals surface area contributed by atoms with Crippen molar-refractivity contribution in [1.29, 1.82) is 0 Å². The van der Waals surface area contributed by atoms with Gasteiger partial charge in [-0.1, -0.05) is 6.07 Å². The van der Waals surface area contributed by atoms with E-state index in [1.54, 1.807) is 0 Å². The van der Waals surface area contributed by atoms with Gasteiger partial charge in [0.25, 0.3) is 10.0 Å². The second-order valence-electron chi connectivity index (χ2n) is 4.53. The summed E-state index contributed by atoms with van der Waals surface area (Å²) in [5.74, 6) is -2.28. The molecule has 1 N–H and O–H groups in total. The number of halogens is 2. The van der Waals surface area contributed by atoms with E-state index < -0.39 is 39.0 Å². The molecule has 0 bridgehead atoms. The molecule has 6 nitrogen and oxygen atoms in total. The number of sulfonamides is 1. The van der Waals surface area contributed by atoms with Gasteiger partial charge in [-0.3, -0.25) is 14.1 Å². The van der Waals surface area contributed by atoms with Crippen LogP contribution in [0.1, 0.15) is 0 Å². The molecule has 0 saturated carbocycles. The number of carbonyl (C=O) groups is 1. The number of hydrogen-bond acceptors (Lipinski definition) is 4. The maximum Gasteiger partial charge on any atom is 0.266 e. The number of fused-ring (bicyclic) bond motifs is 1. The lowest BCUT2D eigenvalue weighted by Crippen LogP contribution is -2.42. The van der Waals surface area contributed by atoms with Crippen LogP contribution in [0.4, 0.5) is 20.2 Å². The first-order valence-corrected chi connectivity index (χ1v) is 7.55. The molecule has 1 aliphatic heterocycles. The van der Waals surface area contributed by atoms with Gasteiger partial charge in [0, 0.05) is 6.20 Å². The minimum absolute atomic E-state index is 0.0242. The van der Waals surface area contributed by atoms with Crippen molar-refractivity contribution >= 4 is 27.3 Å². The Kier molecular flexibility index (Phi) is 3.28. The predicted octanol–water partition coefficient (Wildman–Crippen LogP) is 1.51. The van der Waals surface area contributed by atoms with E-state index in [0.29, 0.717) is 0 Å². The van der Waals surface area contributed by atoms with Gasteiger partial charge < -0.3 is 5.32 Å². The summed E-state index contributed by atoms with van der Waals surface area (Å²) in [6, 6.07) is 4.55. The van der Waals surface area contributed by atoms with Gasteiger partial charge >= 0.3 is 0 Å². The number of pyridine rings is 1. The number of aromatic nitrogens is 1. The zero-order chi connectivity index (χ0) is 15.9. The van der Waals surface area contributed by atoms with E-state index in [4.69, 9.17) is 0 Å². The predicted molar refractivity (Wildman–Crippen MR) is 73.8 cm³/mol. The zero-order valence-electron chi connectivity index (χ0n) is 11.0. The SMILES string of the molecule is O=C1CN(S(=O)(=O)c2cncc(F)c2)c2cccc(F)c2N1. The number of carbonyl (C=O) groups excluding carboxylic acids is 1. The highest BCUT2D eigenvalue weighted by Crippen LogP contribution is 2.35. The van der Waals surface area contributed by atoms with E-state index in [0.717, 1.165) is 28.8 Å². The summed E-state index contributed by atoms with van der Waals surface area (Å²) < 4.78 is 52.9. The van der Waals surface area contributed by atoms with Crippen LogP contribution in [0, 0.1) is 11.6 Å². The fourth-order valence-electron chi connectivity index (χ4n) is 2.11. The highest BCUT2D eigenvalue weighted by Gasteiger charge is 2.34. The molecule has 22 heavy (non-hydrogen) atoms. The van der Waals surface area contributed by atoms with Gasteiger partial charge in [0.1, 0.15) is 28.8 Å². The number of rotatable bonds is 2. The van der Waals surface area contributed by atoms with Gasteiger partial charge in [0.2, 0.25) is 5.91 Å². The molecule has 0 radical (unpaired) electrons. The average molecular weight is 325 g/mol. The Morgan fingerprint density at radius 1 is 1.23 bits per heavy atom. The van der Waals surface area contributed by atoms with Crippen molar-refractivity contribution in [3.8, 4) is 0 Å². The summed E-state index contributed by atoms with van der Waals surface area (Å²) in [5.41, 5.74) is -0.254. The highest BCUT2D eigenvalue weighted by atomic mass is 32.2. The van der Waals surface area contributed by atoms with Crippen LogP contribution in [-0.4, -0.2) is 25.9 Å². The number of para-hydroxylation sites is 1. The minimum Gasteiger partial charge on any atom is -0.320 e. The van der Waals surface area contributed by atoms with E-state index in [2.05, 4.69) is 10.3 Å². The van der Waals surface area contributed by atoms with E-state index in [-0.39, 0.29) is 11.4 Å². The molecular weight excluding hydrogens is 316 g/mol. The molecule has 1 amide bonds. The van der Waals surface area contributed by atoms with Crippen LogP contribution in [0.25, 0.3) is 0 Å². The van der Waals surface area contributed by atoms with Crippen molar-refractivity contribution in [1.82, 2.24) is 4.98 Å². The summed E-state index contributed by atoms with van der Waals surface area (Å²) in [6.07, 6.45) is 1.82. The molecular formula is C13H9F2N3O3S. The fraction of sp³-hybridized carbons (Fsp3) is 0.0769. The highest BCUT2D eigenvalue weighted by molar-refractivity contribution is 7.92. The Morgan fingerprint density at radius 3 is 2.73 bits per heavy atom. The molecule has 2 heterocycles. The van der Waals surface area contributed by atoms with Gasteiger partial charge in [-0.25, -0.2) is 17.2 Å². The molecule has 0 saturated heterocycles. The quantitative estimate of drug-likeness (QED) is 0.908. The number of nitrogens with one attached hydrogen (secondary N) is 1. The molecule has 1 aromatic carbocycles. The minimum atomic E-state index is -4.24. The summed E-state index contributed by atoms with van der Waals surface area (Å²) in [5, 5.41) is 2.28. The van der Waals surface area contributed by atoms with Crippen LogP contribution in [0.15, 0.2) is 41.6 Å². The lowest BCUT2D eigenvalue weighted by Gasteiger charge is -2.30. The number of hydrogen-bond donors (Lipinski definition) is 1. The van der Waals surface area contributed by atoms with Crippen LogP contribution in [0.3, 0.4) is 0 Å². The van der Waals surface area contributed by atoms with Crippen molar-refractivity contribution in [3.05, 3.63) is 48.3 Å². The summed E-state index contributed by atoms with van der Waals surface area (Å²) in [4.78, 5) is 14.7. The molecule has 0 fully saturated rings. The molecule has 0 atom stereocenters. The van der Waals surface area contributed by atoms with E-state index in [1.165, 1.54) is 12.1 Å². The molecule has 2 aromatic rings. The lowest BCUT2D eigenvalue weighted by molar-refractivity contribution is -0.115. The molecule has 114 valence electrons. The Hall–Kier alpha value is -2.55. The molecule has 0 unspecified atom stereocenters. The van der Waals surface area contributed by atoms with E-state index >= 15 is 0 Å². The second-order valence-corrected chi connectivity index (χ2v) is 6.39. The van der Waals surface area contributed by atoms with Gasteiger partial charge in [-0.15, -0.1) is 0 Å². The summed E-state index contributed by atoms with van der Waals surface area (Å²) in [6.45, 7) is -0.532. The second kappa shape index (κ2) is 5.02. The Bertz CT molecular complexity index is 871. The number of amides is 1. The Labute approximate surface area is 124 Å². The molecule has 0 spiro atoms. The lowest BCUT2D eigenvalue weighted by atomic mass is 10.2. The van der Waals surface area contributed by atoms with Gasteiger partial charge in [-0.2, -0.15) is 0 Å². The van der Waals surface area contributed by atoms with Crippen molar-refractivity contribution in [2.24, 2.45) is 0 Å².